The van der Waals surface area contributed by atoms with E-state index in [0.29, 0.717) is 12.2 Å². The number of amides is 1. The number of aromatic nitrogens is 2. The first-order valence-electron chi connectivity index (χ1n) is 6.17. The SMILES string of the molecule is CC(C)n1nccc1C(=O)NCCSCCCO. The van der Waals surface area contributed by atoms with Crippen LogP contribution >= 0.6 is 11.8 Å². The predicted octanol–water partition coefficient (Wildman–Crippen LogP) is 1.31. The van der Waals surface area contributed by atoms with E-state index in [-0.39, 0.29) is 18.6 Å². The lowest BCUT2D eigenvalue weighted by Gasteiger charge is -2.10. The summed E-state index contributed by atoms with van der Waals surface area (Å²) in [6.07, 6.45) is 2.45. The van der Waals surface area contributed by atoms with Crippen molar-refractivity contribution in [3.63, 3.8) is 0 Å². The highest BCUT2D eigenvalue weighted by molar-refractivity contribution is 7.99. The monoisotopic (exact) mass is 271 g/mol. The van der Waals surface area contributed by atoms with E-state index in [1.807, 2.05) is 13.8 Å². The van der Waals surface area contributed by atoms with Crippen molar-refractivity contribution in [2.75, 3.05) is 24.7 Å². The molecular formula is C12H21N3O2S. The molecule has 5 nitrogen and oxygen atoms in total. The van der Waals surface area contributed by atoms with Crippen LogP contribution in [0.15, 0.2) is 12.3 Å². The Labute approximate surface area is 112 Å². The molecule has 6 heteroatoms. The number of thioether (sulfide) groups is 1. The van der Waals surface area contributed by atoms with Crippen molar-refractivity contribution >= 4 is 17.7 Å². The molecule has 0 atom stereocenters. The van der Waals surface area contributed by atoms with Gasteiger partial charge in [-0.2, -0.15) is 16.9 Å². The van der Waals surface area contributed by atoms with Crippen LogP contribution in [-0.4, -0.2) is 45.5 Å². The van der Waals surface area contributed by atoms with Gasteiger partial charge in [0.2, 0.25) is 0 Å². The largest absolute Gasteiger partial charge is 0.396 e. The van der Waals surface area contributed by atoms with Gasteiger partial charge < -0.3 is 10.4 Å². The van der Waals surface area contributed by atoms with Crippen LogP contribution in [0.1, 0.15) is 36.8 Å². The van der Waals surface area contributed by atoms with Crippen LogP contribution in [0.25, 0.3) is 0 Å². The Balaban J connectivity index is 2.30. The van der Waals surface area contributed by atoms with E-state index in [1.165, 1.54) is 0 Å². The van der Waals surface area contributed by atoms with Crippen LogP contribution in [0.4, 0.5) is 0 Å². The van der Waals surface area contributed by atoms with Crippen molar-refractivity contribution < 1.29 is 9.90 Å². The molecular weight excluding hydrogens is 250 g/mol. The fraction of sp³-hybridized carbons (Fsp3) is 0.667. The molecule has 0 saturated carbocycles. The molecule has 0 bridgehead atoms. The van der Waals surface area contributed by atoms with E-state index in [9.17, 15) is 4.79 Å². The minimum absolute atomic E-state index is 0.0797. The standard InChI is InChI=1S/C12H21N3O2S/c1-10(2)15-11(4-5-14-15)12(17)13-6-9-18-8-3-7-16/h4-5,10,16H,3,6-9H2,1-2H3,(H,13,17). The van der Waals surface area contributed by atoms with Crippen LogP contribution in [-0.2, 0) is 0 Å². The second kappa shape index (κ2) is 8.16. The molecule has 0 aromatic carbocycles. The predicted molar refractivity (Wildman–Crippen MR) is 74.0 cm³/mol. The summed E-state index contributed by atoms with van der Waals surface area (Å²) in [5.41, 5.74) is 0.602. The van der Waals surface area contributed by atoms with Crippen LogP contribution in [0, 0.1) is 0 Å². The summed E-state index contributed by atoms with van der Waals surface area (Å²) < 4.78 is 1.72. The van der Waals surface area contributed by atoms with Gasteiger partial charge in [-0.15, -0.1) is 0 Å². The van der Waals surface area contributed by atoms with Crippen molar-refractivity contribution in [2.24, 2.45) is 0 Å². The molecule has 1 heterocycles. The smallest absolute Gasteiger partial charge is 0.269 e. The quantitative estimate of drug-likeness (QED) is 0.700. The Morgan fingerprint density at radius 3 is 3.00 bits per heavy atom. The lowest BCUT2D eigenvalue weighted by Crippen LogP contribution is -2.28. The fourth-order valence-corrected chi connectivity index (χ4v) is 2.29. The maximum absolute atomic E-state index is 11.9. The fourth-order valence-electron chi connectivity index (χ4n) is 1.50. The van der Waals surface area contributed by atoms with Gasteiger partial charge in [-0.1, -0.05) is 0 Å². The lowest BCUT2D eigenvalue weighted by molar-refractivity contribution is 0.0943. The van der Waals surface area contributed by atoms with Crippen LogP contribution in [0.5, 0.6) is 0 Å². The molecule has 0 unspecified atom stereocenters. The van der Waals surface area contributed by atoms with Crippen molar-refractivity contribution in [3.05, 3.63) is 18.0 Å². The maximum Gasteiger partial charge on any atom is 0.269 e. The van der Waals surface area contributed by atoms with E-state index in [0.717, 1.165) is 17.9 Å². The summed E-state index contributed by atoms with van der Waals surface area (Å²) in [5.74, 6) is 1.71. The molecule has 102 valence electrons. The van der Waals surface area contributed by atoms with Crippen molar-refractivity contribution in [2.45, 2.75) is 26.3 Å². The normalized spacial score (nSPS) is 10.9. The summed E-state index contributed by atoms with van der Waals surface area (Å²) in [6.45, 7) is 4.86. The van der Waals surface area contributed by atoms with Crippen LogP contribution in [0.3, 0.4) is 0 Å². The number of nitrogens with one attached hydrogen (secondary N) is 1. The van der Waals surface area contributed by atoms with Gasteiger partial charge >= 0.3 is 0 Å². The molecule has 0 aliphatic rings. The minimum Gasteiger partial charge on any atom is -0.396 e. The van der Waals surface area contributed by atoms with E-state index < -0.39 is 0 Å². The number of carbonyl (C=O) groups is 1. The molecule has 0 aliphatic carbocycles. The average Bonchev–Trinajstić information content (AvgIpc) is 2.82. The highest BCUT2D eigenvalue weighted by Gasteiger charge is 2.12. The Morgan fingerprint density at radius 1 is 1.56 bits per heavy atom. The second-order valence-corrected chi connectivity index (χ2v) is 5.42. The van der Waals surface area contributed by atoms with Gasteiger partial charge in [-0.3, -0.25) is 9.48 Å². The summed E-state index contributed by atoms with van der Waals surface area (Å²) in [6, 6.07) is 1.91. The molecule has 18 heavy (non-hydrogen) atoms. The topological polar surface area (TPSA) is 67.2 Å². The maximum atomic E-state index is 11.9. The molecule has 0 spiro atoms. The third kappa shape index (κ3) is 4.70. The number of hydrogen-bond acceptors (Lipinski definition) is 4. The van der Waals surface area contributed by atoms with Gasteiger partial charge in [0.05, 0.1) is 0 Å². The Kier molecular flexibility index (Phi) is 6.82. The zero-order valence-corrected chi connectivity index (χ0v) is 11.7. The zero-order chi connectivity index (χ0) is 13.4. The third-order valence-electron chi connectivity index (χ3n) is 2.37. The van der Waals surface area contributed by atoms with Gasteiger partial charge in [0.15, 0.2) is 0 Å². The molecule has 0 radical (unpaired) electrons. The number of nitrogens with zero attached hydrogens (tertiary/aromatic N) is 2. The number of rotatable bonds is 8. The first-order valence-corrected chi connectivity index (χ1v) is 7.32. The van der Waals surface area contributed by atoms with Gasteiger partial charge in [0.25, 0.3) is 5.91 Å². The Morgan fingerprint density at radius 2 is 2.33 bits per heavy atom. The minimum atomic E-state index is -0.0797. The second-order valence-electron chi connectivity index (χ2n) is 4.20. The molecule has 1 aromatic heterocycles. The summed E-state index contributed by atoms with van der Waals surface area (Å²) in [7, 11) is 0. The average molecular weight is 271 g/mol. The molecule has 1 rings (SSSR count). The van der Waals surface area contributed by atoms with E-state index in [4.69, 9.17) is 5.11 Å². The van der Waals surface area contributed by atoms with E-state index in [1.54, 1.807) is 28.7 Å². The molecule has 0 fully saturated rings. The summed E-state index contributed by atoms with van der Waals surface area (Å²) in [5, 5.41) is 15.6. The first-order chi connectivity index (χ1) is 8.66. The van der Waals surface area contributed by atoms with Gasteiger partial charge in [-0.25, -0.2) is 0 Å². The van der Waals surface area contributed by atoms with Crippen molar-refractivity contribution in [1.82, 2.24) is 15.1 Å². The van der Waals surface area contributed by atoms with Crippen LogP contribution in [0.2, 0.25) is 0 Å². The van der Waals surface area contributed by atoms with Crippen LogP contribution < -0.4 is 5.32 Å². The molecule has 1 amide bonds. The van der Waals surface area contributed by atoms with Crippen molar-refractivity contribution in [1.29, 1.82) is 0 Å². The molecule has 1 aromatic rings. The number of hydrogen-bond donors (Lipinski definition) is 2. The first kappa shape index (κ1) is 15.0. The molecule has 0 aliphatic heterocycles. The third-order valence-corrected chi connectivity index (χ3v) is 3.44. The summed E-state index contributed by atoms with van der Waals surface area (Å²) in [4.78, 5) is 11.9. The molecule has 2 N–H and O–H groups in total. The number of aliphatic hydroxyl groups excluding tert-OH is 1. The Bertz CT molecular complexity index is 366. The molecule has 0 saturated heterocycles. The Hall–Kier alpha value is -1.01. The van der Waals surface area contributed by atoms with Crippen molar-refractivity contribution in [3.8, 4) is 0 Å². The highest BCUT2D eigenvalue weighted by atomic mass is 32.2. The highest BCUT2D eigenvalue weighted by Crippen LogP contribution is 2.07. The number of aliphatic hydroxyl groups is 1. The van der Waals surface area contributed by atoms with E-state index in [2.05, 4.69) is 10.4 Å². The summed E-state index contributed by atoms with van der Waals surface area (Å²) >= 11 is 1.73. The number of carbonyl (C=O) groups excluding carboxylic acids is 1. The van der Waals surface area contributed by atoms with Gasteiger partial charge in [-0.05, 0) is 32.1 Å². The lowest BCUT2D eigenvalue weighted by atomic mass is 10.3. The van der Waals surface area contributed by atoms with E-state index >= 15 is 0 Å². The zero-order valence-electron chi connectivity index (χ0n) is 10.9. The van der Waals surface area contributed by atoms with Gasteiger partial charge in [0, 0.05) is 31.1 Å². The van der Waals surface area contributed by atoms with Gasteiger partial charge in [0.1, 0.15) is 5.69 Å².